The smallest absolute Gasteiger partial charge is 0.207 e. The molecule has 7 heteroatoms. The molecule has 3 rings (SSSR count). The predicted molar refractivity (Wildman–Crippen MR) is 74.1 cm³/mol. The summed E-state index contributed by atoms with van der Waals surface area (Å²) in [4.78, 5) is 4.54. The van der Waals surface area contributed by atoms with Crippen LogP contribution in [0, 0.1) is 0 Å². The van der Waals surface area contributed by atoms with Crippen molar-refractivity contribution in [3.8, 4) is 0 Å². The van der Waals surface area contributed by atoms with E-state index in [1.807, 2.05) is 18.2 Å². The van der Waals surface area contributed by atoms with Crippen molar-refractivity contribution >= 4 is 56.3 Å². The van der Waals surface area contributed by atoms with Gasteiger partial charge in [0.2, 0.25) is 4.47 Å². The molecule has 0 bridgehead atoms. The molecule has 0 aliphatic heterocycles. The molecule has 0 atom stereocenters. The van der Waals surface area contributed by atoms with Gasteiger partial charge in [-0.05, 0) is 23.7 Å². The first-order valence-corrected chi connectivity index (χ1v) is 7.77. The van der Waals surface area contributed by atoms with Gasteiger partial charge in [0, 0.05) is 0 Å². The van der Waals surface area contributed by atoms with Crippen molar-refractivity contribution in [1.29, 1.82) is 0 Å². The van der Waals surface area contributed by atoms with Gasteiger partial charge in [-0.15, -0.1) is 21.5 Å². The van der Waals surface area contributed by atoms with E-state index >= 15 is 0 Å². The molecule has 0 N–H and O–H groups in total. The van der Waals surface area contributed by atoms with Crippen molar-refractivity contribution in [1.82, 2.24) is 15.2 Å². The van der Waals surface area contributed by atoms with Crippen LogP contribution in [0.1, 0.15) is 5.01 Å². The second-order valence-corrected chi connectivity index (χ2v) is 7.08. The van der Waals surface area contributed by atoms with E-state index in [1.54, 1.807) is 23.1 Å². The maximum Gasteiger partial charge on any atom is 0.207 e. The van der Waals surface area contributed by atoms with Gasteiger partial charge < -0.3 is 0 Å². The molecule has 2 heterocycles. The van der Waals surface area contributed by atoms with Gasteiger partial charge in [0.25, 0.3) is 0 Å². The maximum atomic E-state index is 5.73. The Morgan fingerprint density at radius 3 is 2.82 bits per heavy atom. The van der Waals surface area contributed by atoms with Gasteiger partial charge in [-0.3, -0.25) is 0 Å². The Bertz CT molecular complexity index is 616. The summed E-state index contributed by atoms with van der Waals surface area (Å²) in [7, 11) is 0. The summed E-state index contributed by atoms with van der Waals surface area (Å²) in [6.45, 7) is 0. The van der Waals surface area contributed by atoms with E-state index in [0.29, 0.717) is 4.47 Å². The summed E-state index contributed by atoms with van der Waals surface area (Å²) in [5, 5.41) is 8.68. The molecule has 0 spiro atoms. The maximum absolute atomic E-state index is 5.73. The zero-order valence-electron chi connectivity index (χ0n) is 8.46. The average molecular weight is 300 g/mol. The standard InChI is InChI=1S/C10H6ClN3S3/c11-9-14-13-8(17-9)5-15-10-12-6-3-1-2-4-7(6)16-10/h1-4H,5H2. The minimum absolute atomic E-state index is 0.491. The first kappa shape index (κ1) is 11.4. The summed E-state index contributed by atoms with van der Waals surface area (Å²) in [6, 6.07) is 8.14. The van der Waals surface area contributed by atoms with Gasteiger partial charge in [-0.1, -0.05) is 35.2 Å². The fourth-order valence-electron chi connectivity index (χ4n) is 1.33. The van der Waals surface area contributed by atoms with E-state index in [4.69, 9.17) is 11.6 Å². The highest BCUT2D eigenvalue weighted by atomic mass is 35.5. The minimum Gasteiger partial charge on any atom is -0.230 e. The Labute approximate surface area is 115 Å². The molecular weight excluding hydrogens is 294 g/mol. The SMILES string of the molecule is Clc1nnc(CSc2nc3ccccc3s2)s1. The second kappa shape index (κ2) is 4.89. The molecule has 0 aliphatic rings. The number of halogens is 1. The van der Waals surface area contributed by atoms with Crippen molar-refractivity contribution < 1.29 is 0 Å². The first-order chi connectivity index (χ1) is 8.31. The lowest BCUT2D eigenvalue weighted by atomic mass is 10.3. The highest BCUT2D eigenvalue weighted by Gasteiger charge is 2.06. The fraction of sp³-hybridized carbons (Fsp3) is 0.100. The van der Waals surface area contributed by atoms with E-state index < -0.39 is 0 Å². The van der Waals surface area contributed by atoms with Crippen LogP contribution in [-0.4, -0.2) is 15.2 Å². The Morgan fingerprint density at radius 1 is 1.18 bits per heavy atom. The molecule has 86 valence electrons. The summed E-state index contributed by atoms with van der Waals surface area (Å²) in [5.41, 5.74) is 1.05. The molecule has 0 aliphatic carbocycles. The van der Waals surface area contributed by atoms with Gasteiger partial charge in [-0.25, -0.2) is 4.98 Å². The largest absolute Gasteiger partial charge is 0.230 e. The van der Waals surface area contributed by atoms with Crippen LogP contribution in [0.5, 0.6) is 0 Å². The molecule has 0 saturated carbocycles. The third kappa shape index (κ3) is 2.60. The van der Waals surface area contributed by atoms with Crippen molar-refractivity contribution in [2.24, 2.45) is 0 Å². The third-order valence-corrected chi connectivity index (χ3v) is 5.43. The number of thiazole rings is 1. The van der Waals surface area contributed by atoms with Crippen LogP contribution in [0.25, 0.3) is 10.2 Å². The zero-order chi connectivity index (χ0) is 11.7. The van der Waals surface area contributed by atoms with Crippen LogP contribution in [0.15, 0.2) is 28.6 Å². The van der Waals surface area contributed by atoms with Gasteiger partial charge >= 0.3 is 0 Å². The number of hydrogen-bond donors (Lipinski definition) is 0. The molecular formula is C10H6ClN3S3. The van der Waals surface area contributed by atoms with Crippen molar-refractivity contribution in [2.45, 2.75) is 10.1 Å². The van der Waals surface area contributed by atoms with E-state index in [0.717, 1.165) is 20.6 Å². The normalized spacial score (nSPS) is 11.1. The van der Waals surface area contributed by atoms with Crippen LogP contribution in [0.4, 0.5) is 0 Å². The molecule has 17 heavy (non-hydrogen) atoms. The molecule has 0 amide bonds. The number of hydrogen-bond acceptors (Lipinski definition) is 6. The van der Waals surface area contributed by atoms with Gasteiger partial charge in [0.05, 0.1) is 16.0 Å². The van der Waals surface area contributed by atoms with Crippen LogP contribution >= 0.6 is 46.0 Å². The van der Waals surface area contributed by atoms with E-state index in [9.17, 15) is 0 Å². The zero-order valence-corrected chi connectivity index (χ0v) is 11.7. The van der Waals surface area contributed by atoms with E-state index in [-0.39, 0.29) is 0 Å². The summed E-state index contributed by atoms with van der Waals surface area (Å²) in [5.74, 6) is 0.768. The Hall–Kier alpha value is -0.690. The van der Waals surface area contributed by atoms with Gasteiger partial charge in [0.15, 0.2) is 4.34 Å². The fourth-order valence-corrected chi connectivity index (χ4v) is 4.25. The molecule has 0 unspecified atom stereocenters. The molecule has 0 fully saturated rings. The van der Waals surface area contributed by atoms with Crippen LogP contribution in [0.2, 0.25) is 4.47 Å². The molecule has 2 aromatic heterocycles. The third-order valence-electron chi connectivity index (χ3n) is 2.04. The molecule has 0 saturated heterocycles. The minimum atomic E-state index is 0.491. The lowest BCUT2D eigenvalue weighted by Gasteiger charge is -1.90. The molecule has 3 nitrogen and oxygen atoms in total. The van der Waals surface area contributed by atoms with Gasteiger partial charge in [0.1, 0.15) is 5.01 Å². The van der Waals surface area contributed by atoms with Crippen LogP contribution in [0.3, 0.4) is 0 Å². The lowest BCUT2D eigenvalue weighted by molar-refractivity contribution is 1.04. The molecule has 1 aromatic carbocycles. The summed E-state index contributed by atoms with van der Waals surface area (Å²) < 4.78 is 2.76. The number of rotatable bonds is 3. The average Bonchev–Trinajstić information content (AvgIpc) is 2.91. The number of benzene rings is 1. The van der Waals surface area contributed by atoms with E-state index in [2.05, 4.69) is 21.2 Å². The van der Waals surface area contributed by atoms with Crippen LogP contribution in [-0.2, 0) is 5.75 Å². The Morgan fingerprint density at radius 2 is 2.06 bits per heavy atom. The molecule has 3 aromatic rings. The number of nitrogens with zero attached hydrogens (tertiary/aromatic N) is 3. The summed E-state index contributed by atoms with van der Waals surface area (Å²) in [6.07, 6.45) is 0. The topological polar surface area (TPSA) is 38.7 Å². The highest BCUT2D eigenvalue weighted by Crippen LogP contribution is 2.32. The number of fused-ring (bicyclic) bond motifs is 1. The van der Waals surface area contributed by atoms with Crippen molar-refractivity contribution in [2.75, 3.05) is 0 Å². The number of para-hydroxylation sites is 1. The van der Waals surface area contributed by atoms with Gasteiger partial charge in [-0.2, -0.15) is 0 Å². The summed E-state index contributed by atoms with van der Waals surface area (Å²) >= 11 is 10.5. The highest BCUT2D eigenvalue weighted by molar-refractivity contribution is 8.00. The number of aromatic nitrogens is 3. The Kier molecular flexibility index (Phi) is 3.28. The Balaban J connectivity index is 1.76. The second-order valence-electron chi connectivity index (χ2n) is 3.18. The molecule has 0 radical (unpaired) electrons. The lowest BCUT2D eigenvalue weighted by Crippen LogP contribution is -1.78. The van der Waals surface area contributed by atoms with Crippen molar-refractivity contribution in [3.05, 3.63) is 33.7 Å². The quantitative estimate of drug-likeness (QED) is 0.683. The van der Waals surface area contributed by atoms with Crippen molar-refractivity contribution in [3.63, 3.8) is 0 Å². The predicted octanol–water partition coefficient (Wildman–Crippen LogP) is 4.09. The monoisotopic (exact) mass is 299 g/mol. The van der Waals surface area contributed by atoms with E-state index in [1.165, 1.54) is 16.0 Å². The van der Waals surface area contributed by atoms with Crippen LogP contribution < -0.4 is 0 Å². The first-order valence-electron chi connectivity index (χ1n) is 4.77. The number of thioether (sulfide) groups is 1.